The van der Waals surface area contributed by atoms with Crippen LogP contribution in [0.4, 0.5) is 0 Å². The molecule has 4 heteroatoms. The van der Waals surface area contributed by atoms with Gasteiger partial charge in [-0.2, -0.15) is 5.10 Å². The van der Waals surface area contributed by atoms with E-state index in [1.54, 1.807) is 6.21 Å². The number of hydrogen-bond donors (Lipinski definition) is 1. The standard InChI is InChI=1S/C19H22N2O2/c1-2-3-7-16-10-12-18(13-11-16)23-15-19(22)21-20-14-17-8-5-4-6-9-17/h4-6,8-14H,2-3,7,15H2,1H3,(H,21,22)/b20-14-. The van der Waals surface area contributed by atoms with E-state index in [1.165, 1.54) is 18.4 Å². The SMILES string of the molecule is CCCCc1ccc(OCC(=O)N/N=C\c2ccccc2)cc1. The molecule has 0 atom stereocenters. The van der Waals surface area contributed by atoms with E-state index in [-0.39, 0.29) is 12.5 Å². The van der Waals surface area contributed by atoms with Gasteiger partial charge in [-0.05, 0) is 36.1 Å². The summed E-state index contributed by atoms with van der Waals surface area (Å²) in [4.78, 5) is 11.7. The van der Waals surface area contributed by atoms with Crippen molar-refractivity contribution >= 4 is 12.1 Å². The van der Waals surface area contributed by atoms with Crippen LogP contribution in [0, 0.1) is 0 Å². The number of rotatable bonds is 8. The Morgan fingerprint density at radius 2 is 1.87 bits per heavy atom. The summed E-state index contributed by atoms with van der Waals surface area (Å²) in [5.74, 6) is 0.402. The van der Waals surface area contributed by atoms with Crippen molar-refractivity contribution in [2.45, 2.75) is 26.2 Å². The normalized spacial score (nSPS) is 10.7. The predicted molar refractivity (Wildman–Crippen MR) is 92.7 cm³/mol. The molecule has 0 radical (unpaired) electrons. The molecule has 0 aliphatic heterocycles. The lowest BCUT2D eigenvalue weighted by molar-refractivity contribution is -0.123. The highest BCUT2D eigenvalue weighted by atomic mass is 16.5. The number of nitrogens with one attached hydrogen (secondary N) is 1. The lowest BCUT2D eigenvalue weighted by Gasteiger charge is -2.06. The monoisotopic (exact) mass is 310 g/mol. The van der Waals surface area contributed by atoms with Crippen molar-refractivity contribution in [2.24, 2.45) is 5.10 Å². The molecule has 0 spiro atoms. The van der Waals surface area contributed by atoms with Crippen molar-refractivity contribution in [3.63, 3.8) is 0 Å². The molecule has 0 saturated carbocycles. The molecular weight excluding hydrogens is 288 g/mol. The summed E-state index contributed by atoms with van der Waals surface area (Å²) in [6.07, 6.45) is 5.04. The number of hydrogen-bond acceptors (Lipinski definition) is 3. The number of ether oxygens (including phenoxy) is 1. The second kappa shape index (κ2) is 9.41. The molecular formula is C19H22N2O2. The highest BCUT2D eigenvalue weighted by Gasteiger charge is 2.01. The number of amides is 1. The Balaban J connectivity index is 1.72. The van der Waals surface area contributed by atoms with Gasteiger partial charge in [0.2, 0.25) is 0 Å². The van der Waals surface area contributed by atoms with Gasteiger partial charge in [0.1, 0.15) is 5.75 Å². The summed E-state index contributed by atoms with van der Waals surface area (Å²) in [6, 6.07) is 17.4. The third kappa shape index (κ3) is 6.34. The molecule has 0 aromatic heterocycles. The van der Waals surface area contributed by atoms with Crippen LogP contribution in [-0.4, -0.2) is 18.7 Å². The third-order valence-corrected chi connectivity index (χ3v) is 3.31. The number of hydrazone groups is 1. The lowest BCUT2D eigenvalue weighted by Crippen LogP contribution is -2.24. The second-order valence-corrected chi connectivity index (χ2v) is 5.24. The second-order valence-electron chi connectivity index (χ2n) is 5.24. The Bertz CT molecular complexity index is 622. The molecule has 120 valence electrons. The van der Waals surface area contributed by atoms with E-state index < -0.39 is 0 Å². The van der Waals surface area contributed by atoms with Crippen molar-refractivity contribution < 1.29 is 9.53 Å². The molecule has 0 saturated heterocycles. The van der Waals surface area contributed by atoms with Gasteiger partial charge in [-0.25, -0.2) is 5.43 Å². The molecule has 1 N–H and O–H groups in total. The van der Waals surface area contributed by atoms with Crippen LogP contribution in [0.25, 0.3) is 0 Å². The topological polar surface area (TPSA) is 50.7 Å². The first-order valence-corrected chi connectivity index (χ1v) is 7.86. The Morgan fingerprint density at radius 3 is 2.57 bits per heavy atom. The fourth-order valence-corrected chi connectivity index (χ4v) is 2.03. The number of unbranched alkanes of at least 4 members (excludes halogenated alkanes) is 1. The van der Waals surface area contributed by atoms with Gasteiger partial charge in [0.15, 0.2) is 6.61 Å². The summed E-state index contributed by atoms with van der Waals surface area (Å²) in [7, 11) is 0. The highest BCUT2D eigenvalue weighted by Crippen LogP contribution is 2.13. The molecule has 2 aromatic rings. The van der Waals surface area contributed by atoms with Crippen molar-refractivity contribution in [3.05, 3.63) is 65.7 Å². The van der Waals surface area contributed by atoms with Gasteiger partial charge in [0.25, 0.3) is 5.91 Å². The molecule has 4 nitrogen and oxygen atoms in total. The zero-order chi connectivity index (χ0) is 16.3. The summed E-state index contributed by atoms with van der Waals surface area (Å²) in [5.41, 5.74) is 4.66. The van der Waals surface area contributed by atoms with Crippen LogP contribution in [0.15, 0.2) is 59.7 Å². The molecule has 2 aromatic carbocycles. The first-order valence-electron chi connectivity index (χ1n) is 7.86. The first kappa shape index (κ1) is 16.7. The van der Waals surface area contributed by atoms with Crippen molar-refractivity contribution in [3.8, 4) is 5.75 Å². The van der Waals surface area contributed by atoms with Crippen molar-refractivity contribution in [2.75, 3.05) is 6.61 Å². The van der Waals surface area contributed by atoms with E-state index >= 15 is 0 Å². The maximum Gasteiger partial charge on any atom is 0.277 e. The van der Waals surface area contributed by atoms with Gasteiger partial charge in [0.05, 0.1) is 6.21 Å². The Kier molecular flexibility index (Phi) is 6.85. The minimum atomic E-state index is -0.285. The van der Waals surface area contributed by atoms with Gasteiger partial charge >= 0.3 is 0 Å². The summed E-state index contributed by atoms with van der Waals surface area (Å²) in [5, 5.41) is 3.90. The fraction of sp³-hybridized carbons (Fsp3) is 0.263. The zero-order valence-electron chi connectivity index (χ0n) is 13.4. The maximum absolute atomic E-state index is 11.7. The van der Waals surface area contributed by atoms with E-state index in [4.69, 9.17) is 4.74 Å². The maximum atomic E-state index is 11.7. The van der Waals surface area contributed by atoms with Gasteiger partial charge in [-0.1, -0.05) is 55.8 Å². The molecule has 23 heavy (non-hydrogen) atoms. The smallest absolute Gasteiger partial charge is 0.277 e. The van der Waals surface area contributed by atoms with E-state index in [9.17, 15) is 4.79 Å². The van der Waals surface area contributed by atoms with Crippen LogP contribution in [0.1, 0.15) is 30.9 Å². The Labute approximate surface area is 137 Å². The summed E-state index contributed by atoms with van der Waals surface area (Å²) < 4.78 is 5.44. The van der Waals surface area contributed by atoms with Crippen LogP contribution in [0.5, 0.6) is 5.75 Å². The van der Waals surface area contributed by atoms with E-state index in [1.807, 2.05) is 54.6 Å². The third-order valence-electron chi connectivity index (χ3n) is 3.31. The van der Waals surface area contributed by atoms with Crippen molar-refractivity contribution in [1.82, 2.24) is 5.43 Å². The number of carbonyl (C=O) groups is 1. The summed E-state index contributed by atoms with van der Waals surface area (Å²) >= 11 is 0. The minimum Gasteiger partial charge on any atom is -0.484 e. The molecule has 0 aliphatic carbocycles. The average molecular weight is 310 g/mol. The first-order chi connectivity index (χ1) is 11.3. The van der Waals surface area contributed by atoms with Gasteiger partial charge in [-0.15, -0.1) is 0 Å². The Hall–Kier alpha value is -2.62. The number of carbonyl (C=O) groups excluding carboxylic acids is 1. The van der Waals surface area contributed by atoms with Crippen LogP contribution >= 0.6 is 0 Å². The van der Waals surface area contributed by atoms with E-state index in [2.05, 4.69) is 17.5 Å². The lowest BCUT2D eigenvalue weighted by atomic mass is 10.1. The minimum absolute atomic E-state index is 0.0551. The molecule has 0 heterocycles. The molecule has 0 unspecified atom stereocenters. The summed E-state index contributed by atoms with van der Waals surface area (Å²) in [6.45, 7) is 2.12. The molecule has 0 aliphatic rings. The molecule has 2 rings (SSSR count). The number of nitrogens with zero attached hydrogens (tertiary/aromatic N) is 1. The molecule has 1 amide bonds. The van der Waals surface area contributed by atoms with Gasteiger partial charge < -0.3 is 4.74 Å². The van der Waals surface area contributed by atoms with E-state index in [0.717, 1.165) is 12.0 Å². The van der Waals surface area contributed by atoms with Crippen LogP contribution in [0.3, 0.4) is 0 Å². The quantitative estimate of drug-likeness (QED) is 0.599. The zero-order valence-corrected chi connectivity index (χ0v) is 13.4. The largest absolute Gasteiger partial charge is 0.484 e. The average Bonchev–Trinajstić information content (AvgIpc) is 2.60. The van der Waals surface area contributed by atoms with Crippen LogP contribution in [0.2, 0.25) is 0 Å². The van der Waals surface area contributed by atoms with Gasteiger partial charge in [0, 0.05) is 0 Å². The highest BCUT2D eigenvalue weighted by molar-refractivity contribution is 5.82. The molecule has 0 fully saturated rings. The van der Waals surface area contributed by atoms with E-state index in [0.29, 0.717) is 5.75 Å². The van der Waals surface area contributed by atoms with Crippen molar-refractivity contribution in [1.29, 1.82) is 0 Å². The van der Waals surface area contributed by atoms with Crippen LogP contribution in [-0.2, 0) is 11.2 Å². The van der Waals surface area contributed by atoms with Gasteiger partial charge in [-0.3, -0.25) is 4.79 Å². The predicted octanol–water partition coefficient (Wildman–Crippen LogP) is 3.56. The number of aryl methyl sites for hydroxylation is 1. The molecule has 0 bridgehead atoms. The fourth-order valence-electron chi connectivity index (χ4n) is 2.03. The van der Waals surface area contributed by atoms with Crippen LogP contribution < -0.4 is 10.2 Å². The Morgan fingerprint density at radius 1 is 1.13 bits per heavy atom. The number of benzene rings is 2.